The van der Waals surface area contributed by atoms with Crippen molar-refractivity contribution >= 4 is 66.4 Å². The number of hydrogen-bond acceptors (Lipinski definition) is 14. The summed E-state index contributed by atoms with van der Waals surface area (Å²) in [6.45, 7) is 6.61. The number of aliphatic hydroxyl groups is 2. The first-order valence-corrected chi connectivity index (χ1v) is 33.2. The number of amides is 2. The van der Waals surface area contributed by atoms with Crippen LogP contribution in [-0.2, 0) is 53.2 Å². The van der Waals surface area contributed by atoms with Gasteiger partial charge in [-0.05, 0) is 197 Å². The number of hydrogen-bond donors (Lipinski definition) is 4. The Morgan fingerprint density at radius 2 is 1.02 bits per heavy atom. The van der Waals surface area contributed by atoms with Crippen LogP contribution < -0.4 is 28.7 Å². The van der Waals surface area contributed by atoms with Crippen molar-refractivity contribution in [3.05, 3.63) is 141 Å². The van der Waals surface area contributed by atoms with Gasteiger partial charge >= 0.3 is 0 Å². The van der Waals surface area contributed by atoms with Crippen molar-refractivity contribution < 1.29 is 55.6 Å². The molecule has 12 rings (SSSR count). The first kappa shape index (κ1) is 60.5. The molecule has 20 heteroatoms. The Balaban J connectivity index is 0.000000175. The van der Waals surface area contributed by atoms with Crippen LogP contribution in [0, 0.1) is 23.7 Å². The number of nitrogens with one attached hydrogen (secondary N) is 2. The van der Waals surface area contributed by atoms with E-state index in [9.17, 15) is 36.6 Å². The maximum absolute atomic E-state index is 13.5. The highest BCUT2D eigenvalue weighted by Gasteiger charge is 2.48. The van der Waals surface area contributed by atoms with Crippen molar-refractivity contribution in [3.8, 4) is 11.5 Å². The van der Waals surface area contributed by atoms with E-state index in [2.05, 4.69) is 43.5 Å². The fourth-order valence-corrected chi connectivity index (χ4v) is 17.3. The molecule has 4 bridgehead atoms. The number of allylic oxidation sites excluding steroid dienone is 2. The summed E-state index contributed by atoms with van der Waals surface area (Å²) >= 11 is 12.8. The number of rotatable bonds is 4. The first-order chi connectivity index (χ1) is 40.1. The molecule has 2 fully saturated rings. The van der Waals surface area contributed by atoms with Crippen molar-refractivity contribution in [2.24, 2.45) is 23.7 Å². The van der Waals surface area contributed by atoms with Crippen LogP contribution in [0.2, 0.25) is 10.0 Å². The van der Waals surface area contributed by atoms with Gasteiger partial charge in [-0.3, -0.25) is 9.59 Å². The molecule has 2 amide bonds. The van der Waals surface area contributed by atoms with Crippen LogP contribution in [0.4, 0.5) is 11.4 Å². The molecule has 4 aliphatic carbocycles. The highest BCUT2D eigenvalue weighted by Crippen LogP contribution is 2.49. The van der Waals surface area contributed by atoms with Gasteiger partial charge in [0.05, 0.1) is 50.0 Å². The predicted octanol–water partition coefficient (Wildman–Crippen LogP) is 9.25. The third kappa shape index (κ3) is 11.6. The Kier molecular flexibility index (Phi) is 17.2. The largest absolute Gasteiger partial charge is 0.490 e. The van der Waals surface area contributed by atoms with Gasteiger partial charge in [0.2, 0.25) is 20.0 Å². The molecular formula is C64H78Cl2N4O12S2. The number of methoxy groups -OCH3 is 2. The van der Waals surface area contributed by atoms with E-state index in [4.69, 9.17) is 42.1 Å². The molecule has 452 valence electrons. The Morgan fingerprint density at radius 1 is 0.607 bits per heavy atom. The number of carbonyl (C=O) groups is 2. The highest BCUT2D eigenvalue weighted by molar-refractivity contribution is 7.91. The first-order valence-electron chi connectivity index (χ1n) is 29.5. The lowest BCUT2D eigenvalue weighted by Crippen LogP contribution is -2.49. The van der Waals surface area contributed by atoms with Crippen molar-refractivity contribution in [1.82, 2.24) is 9.44 Å². The molecule has 16 nitrogen and oxygen atoms in total. The second-order valence-electron chi connectivity index (χ2n) is 25.5. The van der Waals surface area contributed by atoms with Gasteiger partial charge < -0.3 is 39.0 Å². The van der Waals surface area contributed by atoms with Crippen molar-refractivity contribution in [2.45, 2.75) is 123 Å². The van der Waals surface area contributed by atoms with Crippen LogP contribution in [0.25, 0.3) is 0 Å². The zero-order valence-corrected chi connectivity index (χ0v) is 51.4. The minimum atomic E-state index is -4.15. The third-order valence-electron chi connectivity index (χ3n) is 19.8. The smallest absolute Gasteiger partial charge is 0.264 e. The molecule has 10 atom stereocenters. The molecule has 8 aliphatic rings. The van der Waals surface area contributed by atoms with Gasteiger partial charge in [-0.1, -0.05) is 59.6 Å². The summed E-state index contributed by atoms with van der Waals surface area (Å²) in [7, 11) is -5.42. The van der Waals surface area contributed by atoms with E-state index in [0.717, 1.165) is 85.6 Å². The molecule has 0 saturated heterocycles. The van der Waals surface area contributed by atoms with E-state index in [1.165, 1.54) is 36.5 Å². The lowest BCUT2D eigenvalue weighted by atomic mass is 9.68. The number of ether oxygens (including phenoxy) is 4. The number of aliphatic hydroxyl groups excluding tert-OH is 2. The SMILES string of the molecule is COC[C@@]1(C)C/C=C/[C@H](O)[C@@H]2CC[C@H]2CN2C[C@@]3(CCCc4cc(Cl)ccc43)COc3ccc(cc32)C(=O)NS1(=O)=O.COC[C@]1(C)C/C=C/[C@H](O)[C@@H]2CC[C@H]2CN2C[C@@]3(CCCc4cc(Cl)ccc43)COc3ccc(cc32)C(=O)NS1(=O)=O. The number of aryl methyl sites for hydroxylation is 2. The maximum atomic E-state index is 13.5. The van der Waals surface area contributed by atoms with Gasteiger partial charge in [0.15, 0.2) is 0 Å². The fourth-order valence-electron chi connectivity index (χ4n) is 14.5. The number of nitrogens with zero attached hydrogens (tertiary/aromatic N) is 2. The molecule has 0 radical (unpaired) electrons. The van der Waals surface area contributed by atoms with Crippen LogP contribution in [0.15, 0.2) is 97.1 Å². The number of anilines is 2. The third-order valence-corrected chi connectivity index (χ3v) is 24.3. The fraction of sp³-hybridized carbons (Fsp3) is 0.531. The molecule has 0 unspecified atom stereocenters. The minimum absolute atomic E-state index is 0.0561. The van der Waals surface area contributed by atoms with Gasteiger partial charge in [-0.15, -0.1) is 0 Å². The second kappa shape index (κ2) is 23.8. The molecular weight excluding hydrogens is 1150 g/mol. The number of fused-ring (bicyclic) bond motifs is 8. The zero-order valence-electron chi connectivity index (χ0n) is 48.3. The number of halogens is 2. The van der Waals surface area contributed by atoms with E-state index in [-0.39, 0.29) is 71.7 Å². The van der Waals surface area contributed by atoms with E-state index < -0.39 is 53.6 Å². The monoisotopic (exact) mass is 1230 g/mol. The number of carbonyl (C=O) groups excluding carboxylic acids is 2. The maximum Gasteiger partial charge on any atom is 0.264 e. The molecule has 4 aromatic carbocycles. The lowest BCUT2D eigenvalue weighted by molar-refractivity contribution is 0.0453. The quantitative estimate of drug-likeness (QED) is 0.140. The van der Waals surface area contributed by atoms with Crippen molar-refractivity contribution in [1.29, 1.82) is 0 Å². The molecule has 0 aromatic heterocycles. The molecule has 2 saturated carbocycles. The number of benzene rings is 4. The van der Waals surface area contributed by atoms with Crippen LogP contribution in [0.1, 0.15) is 121 Å². The summed E-state index contributed by atoms with van der Waals surface area (Å²) in [4.78, 5) is 31.5. The van der Waals surface area contributed by atoms with E-state index >= 15 is 0 Å². The van der Waals surface area contributed by atoms with E-state index in [0.29, 0.717) is 50.9 Å². The molecule has 84 heavy (non-hydrogen) atoms. The predicted molar refractivity (Wildman–Crippen MR) is 326 cm³/mol. The van der Waals surface area contributed by atoms with Gasteiger partial charge in [0.1, 0.15) is 21.0 Å². The van der Waals surface area contributed by atoms with Crippen LogP contribution in [0.3, 0.4) is 0 Å². The van der Waals surface area contributed by atoms with E-state index in [1.54, 1.807) is 74.5 Å². The van der Waals surface area contributed by atoms with Gasteiger partial charge in [-0.2, -0.15) is 0 Å². The Morgan fingerprint density at radius 3 is 1.40 bits per heavy atom. The summed E-state index contributed by atoms with van der Waals surface area (Å²) in [5, 5.41) is 23.8. The van der Waals surface area contributed by atoms with Crippen LogP contribution in [0.5, 0.6) is 11.5 Å². The number of sulfonamides is 2. The molecule has 4 aromatic rings. The zero-order chi connectivity index (χ0) is 59.4. The van der Waals surface area contributed by atoms with Crippen molar-refractivity contribution in [2.75, 3.05) is 76.6 Å². The second-order valence-corrected chi connectivity index (χ2v) is 30.7. The molecule has 4 aliphatic heterocycles. The van der Waals surface area contributed by atoms with E-state index in [1.807, 2.05) is 12.1 Å². The van der Waals surface area contributed by atoms with Gasteiger partial charge in [0, 0.05) is 72.4 Å². The summed E-state index contributed by atoms with van der Waals surface area (Å²) in [6, 6.07) is 22.6. The van der Waals surface area contributed by atoms with Gasteiger partial charge in [-0.25, -0.2) is 26.3 Å². The standard InChI is InChI=1S/2C32H39ClN2O6S/c2*1-31(19-40-2)13-4-6-28(36)25-10-7-23(25)17-35-18-32(14-3-5-21-15-24(33)9-11-26(21)32)20-41-29-12-8-22(16-27(29)35)30(37)34-42(31,38)39/h2*4,6,8-9,11-12,15-16,23,25,28,36H,3,5,7,10,13-14,17-20H2,1-2H3,(H,34,37)/b2*6-4+/t23-,25+,28-,31+,32-;23-,25+,28-,31-,32-/m00/s1. The average Bonchev–Trinajstić information content (AvgIpc) is 1.76. The molecule has 4 N–H and O–H groups in total. The van der Waals surface area contributed by atoms with Crippen LogP contribution >= 0.6 is 23.2 Å². The lowest BCUT2D eigenvalue weighted by Gasteiger charge is -2.45. The summed E-state index contributed by atoms with van der Waals surface area (Å²) < 4.78 is 79.4. The van der Waals surface area contributed by atoms with Crippen LogP contribution in [-0.4, -0.2) is 127 Å². The topological polar surface area (TPSA) is 210 Å². The summed E-state index contributed by atoms with van der Waals surface area (Å²) in [5.41, 5.74) is 6.46. The normalized spacial score (nSPS) is 33.0. The molecule has 2 spiro atoms. The Labute approximate surface area is 504 Å². The average molecular weight is 1230 g/mol. The molecule has 4 heterocycles. The highest BCUT2D eigenvalue weighted by atomic mass is 35.5. The Bertz CT molecular complexity index is 3250. The van der Waals surface area contributed by atoms with Crippen molar-refractivity contribution in [3.63, 3.8) is 0 Å². The Hall–Kier alpha value is -5.18. The summed E-state index contributed by atoms with van der Waals surface area (Å²) in [5.74, 6) is 0.514. The summed E-state index contributed by atoms with van der Waals surface area (Å²) in [6.07, 6.45) is 15.3. The minimum Gasteiger partial charge on any atom is -0.490 e. The van der Waals surface area contributed by atoms with Gasteiger partial charge in [0.25, 0.3) is 11.8 Å².